The third kappa shape index (κ3) is 3.40. The van der Waals surface area contributed by atoms with Crippen molar-refractivity contribution < 1.29 is 4.39 Å². The summed E-state index contributed by atoms with van der Waals surface area (Å²) in [5.74, 6) is 0.344. The van der Waals surface area contributed by atoms with Gasteiger partial charge in [-0.2, -0.15) is 0 Å². The Balaban J connectivity index is 2.02. The predicted molar refractivity (Wildman–Crippen MR) is 98.9 cm³/mol. The van der Waals surface area contributed by atoms with Crippen molar-refractivity contribution >= 4 is 16.9 Å². The first-order valence-electron chi connectivity index (χ1n) is 8.76. The molecule has 138 valence electrons. The van der Waals surface area contributed by atoms with Crippen molar-refractivity contribution in [2.75, 3.05) is 5.32 Å². The van der Waals surface area contributed by atoms with Crippen LogP contribution in [0.3, 0.4) is 0 Å². The molecule has 0 unspecified atom stereocenters. The first kappa shape index (κ1) is 17.9. The molecule has 0 aliphatic rings. The van der Waals surface area contributed by atoms with E-state index in [1.807, 2.05) is 13.8 Å². The van der Waals surface area contributed by atoms with Crippen LogP contribution in [0.5, 0.6) is 0 Å². The first-order chi connectivity index (χ1) is 12.5. The molecule has 0 saturated carbocycles. The second kappa shape index (κ2) is 7.55. The van der Waals surface area contributed by atoms with Crippen LogP contribution in [0, 0.1) is 5.82 Å². The van der Waals surface area contributed by atoms with Crippen molar-refractivity contribution in [2.45, 2.75) is 46.3 Å². The summed E-state index contributed by atoms with van der Waals surface area (Å²) in [6.07, 6.45) is 1.75. The molecular formula is C18H22FN5O2. The maximum Gasteiger partial charge on any atom is 0.330 e. The van der Waals surface area contributed by atoms with Crippen molar-refractivity contribution in [3.05, 3.63) is 56.7 Å². The normalized spacial score (nSPS) is 11.2. The molecule has 0 atom stereocenters. The van der Waals surface area contributed by atoms with Gasteiger partial charge in [0.1, 0.15) is 11.6 Å². The third-order valence-corrected chi connectivity index (χ3v) is 4.31. The largest absolute Gasteiger partial charge is 0.378 e. The van der Waals surface area contributed by atoms with E-state index in [9.17, 15) is 14.0 Å². The number of aromatic amines is 1. The molecule has 0 aliphatic carbocycles. The maximum atomic E-state index is 13.0. The lowest BCUT2D eigenvalue weighted by Gasteiger charge is -2.08. The molecule has 26 heavy (non-hydrogen) atoms. The summed E-state index contributed by atoms with van der Waals surface area (Å²) in [6, 6.07) is 6.02. The van der Waals surface area contributed by atoms with Crippen molar-refractivity contribution in [3.8, 4) is 0 Å². The highest BCUT2D eigenvalue weighted by atomic mass is 19.1. The third-order valence-electron chi connectivity index (χ3n) is 4.31. The van der Waals surface area contributed by atoms with E-state index in [0.717, 1.165) is 18.5 Å². The molecule has 2 N–H and O–H groups in total. The van der Waals surface area contributed by atoms with Gasteiger partial charge in [0.05, 0.1) is 6.54 Å². The number of imidazole rings is 1. The molecule has 0 aliphatic heterocycles. The number of rotatable bonds is 7. The number of nitrogens with zero attached hydrogens (tertiary/aromatic N) is 3. The number of H-pyrrole nitrogens is 1. The Morgan fingerprint density at radius 1 is 1.15 bits per heavy atom. The summed E-state index contributed by atoms with van der Waals surface area (Å²) < 4.78 is 16.3. The highest BCUT2D eigenvalue weighted by Crippen LogP contribution is 2.15. The van der Waals surface area contributed by atoms with Gasteiger partial charge >= 0.3 is 5.69 Å². The number of hydrogen-bond acceptors (Lipinski definition) is 4. The Kier molecular flexibility index (Phi) is 5.20. The highest BCUT2D eigenvalue weighted by molar-refractivity contribution is 5.71. The van der Waals surface area contributed by atoms with Crippen molar-refractivity contribution in [3.63, 3.8) is 0 Å². The quantitative estimate of drug-likeness (QED) is 0.679. The Morgan fingerprint density at radius 3 is 2.54 bits per heavy atom. The predicted octanol–water partition coefficient (Wildman–Crippen LogP) is 2.46. The van der Waals surface area contributed by atoms with Crippen LogP contribution in [0.2, 0.25) is 0 Å². The molecule has 7 nitrogen and oxygen atoms in total. The summed E-state index contributed by atoms with van der Waals surface area (Å²) in [5.41, 5.74) is 0.692. The number of nitrogens with one attached hydrogen (secondary N) is 2. The van der Waals surface area contributed by atoms with E-state index < -0.39 is 11.2 Å². The molecule has 0 fully saturated rings. The number of anilines is 1. The number of hydrogen-bond donors (Lipinski definition) is 2. The van der Waals surface area contributed by atoms with Crippen molar-refractivity contribution in [1.82, 2.24) is 19.1 Å². The lowest BCUT2D eigenvalue weighted by molar-refractivity contribution is 0.613. The van der Waals surface area contributed by atoms with E-state index in [-0.39, 0.29) is 5.82 Å². The zero-order chi connectivity index (χ0) is 18.7. The second-order valence-corrected chi connectivity index (χ2v) is 6.07. The van der Waals surface area contributed by atoms with Crippen molar-refractivity contribution in [1.29, 1.82) is 0 Å². The average Bonchev–Trinajstić information content (AvgIpc) is 3.00. The van der Waals surface area contributed by atoms with Crippen LogP contribution in [0.25, 0.3) is 11.2 Å². The number of fused-ring (bicyclic) bond motifs is 1. The monoisotopic (exact) mass is 359 g/mol. The average molecular weight is 359 g/mol. The van der Waals surface area contributed by atoms with Crippen LogP contribution in [-0.4, -0.2) is 19.1 Å². The van der Waals surface area contributed by atoms with Crippen molar-refractivity contribution in [2.24, 2.45) is 0 Å². The summed E-state index contributed by atoms with van der Waals surface area (Å²) in [7, 11) is 0. The van der Waals surface area contributed by atoms with Gasteiger partial charge < -0.3 is 9.88 Å². The van der Waals surface area contributed by atoms with Crippen LogP contribution < -0.4 is 16.6 Å². The number of aryl methyl sites for hydroxylation is 2. The SMILES string of the molecule is CCCCn1c(=O)[nH]c(=O)c2c1nc(CNc1ccc(F)cc1)n2CC. The lowest BCUT2D eigenvalue weighted by Crippen LogP contribution is -2.31. The molecule has 1 aromatic carbocycles. The fourth-order valence-electron chi connectivity index (χ4n) is 2.97. The Hall–Kier alpha value is -2.90. The van der Waals surface area contributed by atoms with Gasteiger partial charge in [-0.25, -0.2) is 14.2 Å². The Labute approximate surface area is 149 Å². The van der Waals surface area contributed by atoms with E-state index in [4.69, 9.17) is 0 Å². The summed E-state index contributed by atoms with van der Waals surface area (Å²) in [6.45, 7) is 5.37. The smallest absolute Gasteiger partial charge is 0.330 e. The van der Waals surface area contributed by atoms with Crippen LogP contribution in [0.15, 0.2) is 33.9 Å². The molecule has 2 aromatic heterocycles. The fraction of sp³-hybridized carbons (Fsp3) is 0.389. The van der Waals surface area contributed by atoms with Crippen LogP contribution in [0.4, 0.5) is 10.1 Å². The molecule has 3 rings (SSSR count). The van der Waals surface area contributed by atoms with Crippen LogP contribution in [-0.2, 0) is 19.6 Å². The summed E-state index contributed by atoms with van der Waals surface area (Å²) in [4.78, 5) is 31.5. The van der Waals surface area contributed by atoms with Gasteiger partial charge in [0, 0.05) is 18.8 Å². The van der Waals surface area contributed by atoms with Gasteiger partial charge in [-0.1, -0.05) is 13.3 Å². The minimum atomic E-state index is -0.435. The molecule has 0 amide bonds. The zero-order valence-electron chi connectivity index (χ0n) is 14.9. The molecular weight excluding hydrogens is 337 g/mol. The van der Waals surface area contributed by atoms with E-state index in [0.29, 0.717) is 36.6 Å². The van der Waals surface area contributed by atoms with E-state index in [2.05, 4.69) is 15.3 Å². The number of halogens is 1. The van der Waals surface area contributed by atoms with Gasteiger partial charge in [-0.3, -0.25) is 14.3 Å². The van der Waals surface area contributed by atoms with E-state index in [1.165, 1.54) is 16.7 Å². The summed E-state index contributed by atoms with van der Waals surface area (Å²) >= 11 is 0. The maximum absolute atomic E-state index is 13.0. The number of unbranched alkanes of at least 4 members (excludes halogenated alkanes) is 1. The number of aromatic nitrogens is 4. The molecule has 0 radical (unpaired) electrons. The first-order valence-corrected chi connectivity index (χ1v) is 8.76. The van der Waals surface area contributed by atoms with Gasteiger partial charge in [0.15, 0.2) is 11.2 Å². The molecule has 3 aromatic rings. The lowest BCUT2D eigenvalue weighted by atomic mass is 10.3. The minimum Gasteiger partial charge on any atom is -0.378 e. The van der Waals surface area contributed by atoms with Gasteiger partial charge in [0.2, 0.25) is 0 Å². The Bertz CT molecular complexity index is 1020. The molecule has 2 heterocycles. The molecule has 0 spiro atoms. The number of benzene rings is 1. The molecule has 0 bridgehead atoms. The molecule has 8 heteroatoms. The standard InChI is InChI=1S/C18H22FN5O2/c1-3-5-10-24-16-15(17(25)22-18(24)26)23(4-2)14(21-16)11-20-13-8-6-12(19)7-9-13/h6-9,20H,3-5,10-11H2,1-2H3,(H,22,25,26). The van der Waals surface area contributed by atoms with Gasteiger partial charge in [-0.15, -0.1) is 0 Å². The topological polar surface area (TPSA) is 84.7 Å². The Morgan fingerprint density at radius 2 is 1.88 bits per heavy atom. The minimum absolute atomic E-state index is 0.303. The van der Waals surface area contributed by atoms with Crippen LogP contribution >= 0.6 is 0 Å². The van der Waals surface area contributed by atoms with Crippen LogP contribution in [0.1, 0.15) is 32.5 Å². The fourth-order valence-corrected chi connectivity index (χ4v) is 2.97. The second-order valence-electron chi connectivity index (χ2n) is 6.07. The summed E-state index contributed by atoms with van der Waals surface area (Å²) in [5, 5.41) is 3.17. The highest BCUT2D eigenvalue weighted by Gasteiger charge is 2.17. The van der Waals surface area contributed by atoms with E-state index in [1.54, 1.807) is 16.7 Å². The zero-order valence-corrected chi connectivity index (χ0v) is 14.9. The molecule has 0 saturated heterocycles. The van der Waals surface area contributed by atoms with Gasteiger partial charge in [0.25, 0.3) is 5.56 Å². The van der Waals surface area contributed by atoms with E-state index >= 15 is 0 Å². The van der Waals surface area contributed by atoms with Gasteiger partial charge in [-0.05, 0) is 37.6 Å².